The van der Waals surface area contributed by atoms with Crippen LogP contribution in [0.5, 0.6) is 0 Å². The lowest BCUT2D eigenvalue weighted by Gasteiger charge is -2.27. The van der Waals surface area contributed by atoms with E-state index in [4.69, 9.17) is 0 Å². The van der Waals surface area contributed by atoms with Crippen molar-refractivity contribution in [3.8, 4) is 0 Å². The first kappa shape index (κ1) is 10.8. The number of amides is 1. The summed E-state index contributed by atoms with van der Waals surface area (Å²) in [5.41, 5.74) is 2.50. The fourth-order valence-corrected chi connectivity index (χ4v) is 2.42. The highest BCUT2D eigenvalue weighted by Crippen LogP contribution is 2.35. The molecule has 1 fully saturated rings. The summed E-state index contributed by atoms with van der Waals surface area (Å²) in [6.07, 6.45) is 3.22. The molecule has 1 atom stereocenters. The van der Waals surface area contributed by atoms with Gasteiger partial charge >= 0.3 is 0 Å². The van der Waals surface area contributed by atoms with Gasteiger partial charge in [0.2, 0.25) is 5.91 Å². The predicted octanol–water partition coefficient (Wildman–Crippen LogP) is 1.54. The number of benzene rings is 1. The van der Waals surface area contributed by atoms with Gasteiger partial charge in [0.05, 0.1) is 0 Å². The molecule has 1 aromatic carbocycles. The second-order valence-electron chi connectivity index (χ2n) is 5.39. The lowest BCUT2D eigenvalue weighted by Crippen LogP contribution is -2.45. The molecular weight excluding hydrogens is 212 g/mol. The summed E-state index contributed by atoms with van der Waals surface area (Å²) in [7, 11) is 0. The smallest absolute Gasteiger partial charge is 0.242 e. The van der Waals surface area contributed by atoms with Crippen LogP contribution in [0.15, 0.2) is 24.3 Å². The van der Waals surface area contributed by atoms with E-state index in [2.05, 4.69) is 29.7 Å². The SMILES string of the molecule is CC1(NC(=O)C2NCCc3ccccc32)CC1. The highest BCUT2D eigenvalue weighted by Gasteiger charge is 2.40. The van der Waals surface area contributed by atoms with E-state index in [1.165, 1.54) is 5.56 Å². The average Bonchev–Trinajstić information content (AvgIpc) is 3.06. The summed E-state index contributed by atoms with van der Waals surface area (Å²) >= 11 is 0. The Bertz CT molecular complexity index is 451. The first-order valence-corrected chi connectivity index (χ1v) is 6.31. The third kappa shape index (κ3) is 2.07. The molecule has 0 spiro atoms. The topological polar surface area (TPSA) is 41.1 Å². The Morgan fingerprint density at radius 1 is 1.41 bits per heavy atom. The van der Waals surface area contributed by atoms with Gasteiger partial charge in [0.25, 0.3) is 0 Å². The third-order valence-electron chi connectivity index (χ3n) is 3.80. The molecule has 1 heterocycles. The second-order valence-corrected chi connectivity index (χ2v) is 5.39. The van der Waals surface area contributed by atoms with Crippen LogP contribution in [0.25, 0.3) is 0 Å². The molecule has 1 aromatic rings. The molecule has 1 unspecified atom stereocenters. The van der Waals surface area contributed by atoms with Gasteiger partial charge in [-0.25, -0.2) is 0 Å². The van der Waals surface area contributed by atoms with Gasteiger partial charge in [-0.3, -0.25) is 4.79 Å². The maximum absolute atomic E-state index is 12.2. The minimum atomic E-state index is -0.169. The molecule has 2 N–H and O–H groups in total. The van der Waals surface area contributed by atoms with E-state index in [9.17, 15) is 4.79 Å². The van der Waals surface area contributed by atoms with Crippen molar-refractivity contribution in [3.05, 3.63) is 35.4 Å². The Balaban J connectivity index is 1.82. The van der Waals surface area contributed by atoms with E-state index in [1.54, 1.807) is 0 Å². The molecule has 1 aliphatic heterocycles. The first-order chi connectivity index (χ1) is 8.18. The van der Waals surface area contributed by atoms with Crippen LogP contribution in [0.3, 0.4) is 0 Å². The van der Waals surface area contributed by atoms with Crippen molar-refractivity contribution in [1.29, 1.82) is 0 Å². The van der Waals surface area contributed by atoms with Crippen molar-refractivity contribution in [1.82, 2.24) is 10.6 Å². The number of hydrogen-bond acceptors (Lipinski definition) is 2. The normalized spacial score (nSPS) is 24.9. The maximum atomic E-state index is 12.2. The number of fused-ring (bicyclic) bond motifs is 1. The van der Waals surface area contributed by atoms with E-state index >= 15 is 0 Å². The molecule has 3 rings (SSSR count). The van der Waals surface area contributed by atoms with E-state index in [0.29, 0.717) is 0 Å². The highest BCUT2D eigenvalue weighted by atomic mass is 16.2. The van der Waals surface area contributed by atoms with Crippen molar-refractivity contribution in [2.24, 2.45) is 0 Å². The Morgan fingerprint density at radius 3 is 2.94 bits per heavy atom. The molecule has 2 aliphatic rings. The zero-order valence-electron chi connectivity index (χ0n) is 10.1. The number of rotatable bonds is 2. The first-order valence-electron chi connectivity index (χ1n) is 6.31. The summed E-state index contributed by atoms with van der Waals surface area (Å²) in [6, 6.07) is 8.06. The third-order valence-corrected chi connectivity index (χ3v) is 3.80. The molecule has 1 amide bonds. The molecular formula is C14H18N2O. The van der Waals surface area contributed by atoms with Crippen LogP contribution in [0.2, 0.25) is 0 Å². The average molecular weight is 230 g/mol. The van der Waals surface area contributed by atoms with Gasteiger partial charge in [-0.15, -0.1) is 0 Å². The van der Waals surface area contributed by atoms with E-state index < -0.39 is 0 Å². The van der Waals surface area contributed by atoms with Crippen molar-refractivity contribution >= 4 is 5.91 Å². The van der Waals surface area contributed by atoms with Gasteiger partial charge in [-0.05, 0) is 37.3 Å². The van der Waals surface area contributed by atoms with Crippen molar-refractivity contribution in [2.45, 2.75) is 37.8 Å². The van der Waals surface area contributed by atoms with E-state index in [0.717, 1.165) is 31.4 Å². The standard InChI is InChI=1S/C14H18N2O/c1-14(7-8-14)16-13(17)12-11-5-3-2-4-10(11)6-9-15-12/h2-5,12,15H,6-9H2,1H3,(H,16,17). The number of hydrogen-bond donors (Lipinski definition) is 2. The zero-order valence-corrected chi connectivity index (χ0v) is 10.1. The van der Waals surface area contributed by atoms with Crippen LogP contribution < -0.4 is 10.6 Å². The van der Waals surface area contributed by atoms with Crippen LogP contribution in [0, 0.1) is 0 Å². The van der Waals surface area contributed by atoms with Gasteiger partial charge < -0.3 is 10.6 Å². The molecule has 0 radical (unpaired) electrons. The fourth-order valence-electron chi connectivity index (χ4n) is 2.42. The van der Waals surface area contributed by atoms with E-state index in [1.807, 2.05) is 12.1 Å². The monoisotopic (exact) mass is 230 g/mol. The summed E-state index contributed by atoms with van der Waals surface area (Å²) in [6.45, 7) is 2.99. The molecule has 1 aliphatic carbocycles. The maximum Gasteiger partial charge on any atom is 0.242 e. The minimum Gasteiger partial charge on any atom is -0.349 e. The van der Waals surface area contributed by atoms with Crippen molar-refractivity contribution in [3.63, 3.8) is 0 Å². The molecule has 1 saturated carbocycles. The molecule has 17 heavy (non-hydrogen) atoms. The summed E-state index contributed by atoms with van der Waals surface area (Å²) in [5, 5.41) is 6.45. The van der Waals surface area contributed by atoms with Gasteiger partial charge in [-0.2, -0.15) is 0 Å². The minimum absolute atomic E-state index is 0.0607. The Morgan fingerprint density at radius 2 is 2.18 bits per heavy atom. The molecule has 90 valence electrons. The Labute approximate surface area is 102 Å². The Hall–Kier alpha value is -1.35. The molecule has 0 bridgehead atoms. The number of nitrogens with one attached hydrogen (secondary N) is 2. The van der Waals surface area contributed by atoms with Gasteiger partial charge in [0.1, 0.15) is 6.04 Å². The van der Waals surface area contributed by atoms with E-state index in [-0.39, 0.29) is 17.5 Å². The molecule has 3 heteroatoms. The Kier molecular flexibility index (Phi) is 2.44. The van der Waals surface area contributed by atoms with Gasteiger partial charge in [0.15, 0.2) is 0 Å². The number of carbonyl (C=O) groups is 1. The van der Waals surface area contributed by atoms with Crippen LogP contribution in [0.4, 0.5) is 0 Å². The number of carbonyl (C=O) groups excluding carboxylic acids is 1. The zero-order chi connectivity index (χ0) is 11.9. The molecule has 3 nitrogen and oxygen atoms in total. The van der Waals surface area contributed by atoms with Crippen molar-refractivity contribution in [2.75, 3.05) is 6.54 Å². The van der Waals surface area contributed by atoms with Crippen LogP contribution in [-0.2, 0) is 11.2 Å². The summed E-state index contributed by atoms with van der Waals surface area (Å²) in [4.78, 5) is 12.2. The second kappa shape index (κ2) is 3.84. The van der Waals surface area contributed by atoms with Crippen LogP contribution in [-0.4, -0.2) is 18.0 Å². The lowest BCUT2D eigenvalue weighted by molar-refractivity contribution is -0.124. The fraction of sp³-hybridized carbons (Fsp3) is 0.500. The van der Waals surface area contributed by atoms with Crippen LogP contribution >= 0.6 is 0 Å². The van der Waals surface area contributed by atoms with Crippen LogP contribution in [0.1, 0.15) is 36.9 Å². The largest absolute Gasteiger partial charge is 0.349 e. The summed E-state index contributed by atoms with van der Waals surface area (Å²) in [5.74, 6) is 0.122. The van der Waals surface area contributed by atoms with Gasteiger partial charge in [0, 0.05) is 12.1 Å². The quantitative estimate of drug-likeness (QED) is 0.809. The van der Waals surface area contributed by atoms with Gasteiger partial charge in [-0.1, -0.05) is 24.3 Å². The molecule has 0 aromatic heterocycles. The lowest BCUT2D eigenvalue weighted by atomic mass is 9.94. The highest BCUT2D eigenvalue weighted by molar-refractivity contribution is 5.84. The van der Waals surface area contributed by atoms with Crippen molar-refractivity contribution < 1.29 is 4.79 Å². The summed E-state index contributed by atoms with van der Waals surface area (Å²) < 4.78 is 0. The molecule has 0 saturated heterocycles. The predicted molar refractivity (Wildman–Crippen MR) is 66.7 cm³/mol.